The smallest absolute Gasteiger partial charge is 0.241 e. The molecule has 0 saturated carbocycles. The van der Waals surface area contributed by atoms with Gasteiger partial charge in [0.15, 0.2) is 0 Å². The molecule has 25 heavy (non-hydrogen) atoms. The molecule has 0 aromatic heterocycles. The molecule has 0 aliphatic rings. The molecule has 0 aliphatic carbocycles. The summed E-state index contributed by atoms with van der Waals surface area (Å²) in [5.74, 6) is 0. The molecule has 0 radical (unpaired) electrons. The molecule has 4 nitrogen and oxygen atoms in total. The molecular weight excluding hydrogens is 402 g/mol. The third-order valence-electron chi connectivity index (χ3n) is 4.02. The summed E-state index contributed by atoms with van der Waals surface area (Å²) in [6.07, 6.45) is -0.453. The minimum atomic E-state index is -3.62. The van der Waals surface area contributed by atoms with E-state index in [1.165, 1.54) is 6.07 Å². The average molecular weight is 420 g/mol. The first-order chi connectivity index (χ1) is 12.0. The summed E-state index contributed by atoms with van der Waals surface area (Å²) in [6.45, 7) is 0.147. The highest BCUT2D eigenvalue weighted by Gasteiger charge is 2.18. The van der Waals surface area contributed by atoms with Crippen LogP contribution in [0.4, 0.5) is 0 Å². The van der Waals surface area contributed by atoms with Crippen molar-refractivity contribution < 1.29 is 13.5 Å². The normalized spacial score (nSPS) is 13.0. The van der Waals surface area contributed by atoms with Crippen molar-refractivity contribution in [2.45, 2.75) is 17.4 Å². The highest BCUT2D eigenvalue weighted by Crippen LogP contribution is 2.26. The Balaban J connectivity index is 1.70. The minimum Gasteiger partial charge on any atom is -0.388 e. The van der Waals surface area contributed by atoms with Crippen LogP contribution in [0, 0.1) is 0 Å². The molecule has 3 rings (SSSR count). The summed E-state index contributed by atoms with van der Waals surface area (Å²) in [6, 6.07) is 20.2. The molecule has 0 spiro atoms. The molecule has 130 valence electrons. The van der Waals surface area contributed by atoms with Crippen molar-refractivity contribution in [2.24, 2.45) is 0 Å². The van der Waals surface area contributed by atoms with Gasteiger partial charge in [-0.2, -0.15) is 0 Å². The minimum absolute atomic E-state index is 0.147. The van der Waals surface area contributed by atoms with Gasteiger partial charge in [-0.05, 0) is 50.8 Å². The molecule has 1 unspecified atom stereocenters. The van der Waals surface area contributed by atoms with Gasteiger partial charge in [-0.25, -0.2) is 13.1 Å². The topological polar surface area (TPSA) is 66.4 Å². The Hall–Kier alpha value is -1.73. The predicted molar refractivity (Wildman–Crippen MR) is 103 cm³/mol. The first kappa shape index (κ1) is 18.1. The lowest BCUT2D eigenvalue weighted by Crippen LogP contribution is -2.26. The van der Waals surface area contributed by atoms with Crippen molar-refractivity contribution >= 4 is 36.7 Å². The SMILES string of the molecule is O=S(=O)(NCCC(O)c1cccc2ccccc12)c1ccccc1Br. The van der Waals surface area contributed by atoms with Gasteiger partial charge in [-0.15, -0.1) is 0 Å². The Labute approximate surface area is 155 Å². The summed E-state index contributed by atoms with van der Waals surface area (Å²) in [5, 5.41) is 12.5. The van der Waals surface area contributed by atoms with Crippen LogP contribution in [-0.2, 0) is 10.0 Å². The van der Waals surface area contributed by atoms with E-state index in [2.05, 4.69) is 20.7 Å². The zero-order valence-electron chi connectivity index (χ0n) is 13.4. The quantitative estimate of drug-likeness (QED) is 0.634. The van der Waals surface area contributed by atoms with Crippen molar-refractivity contribution in [3.8, 4) is 0 Å². The van der Waals surface area contributed by atoms with E-state index in [-0.39, 0.29) is 17.9 Å². The summed E-state index contributed by atoms with van der Waals surface area (Å²) < 4.78 is 27.8. The van der Waals surface area contributed by atoms with Crippen LogP contribution in [0.15, 0.2) is 76.1 Å². The van der Waals surface area contributed by atoms with Crippen LogP contribution in [0.25, 0.3) is 10.8 Å². The second-order valence-electron chi connectivity index (χ2n) is 5.70. The molecule has 0 amide bonds. The van der Waals surface area contributed by atoms with Crippen molar-refractivity contribution in [1.29, 1.82) is 0 Å². The van der Waals surface area contributed by atoms with Crippen LogP contribution in [0.3, 0.4) is 0 Å². The molecule has 0 saturated heterocycles. The van der Waals surface area contributed by atoms with Gasteiger partial charge < -0.3 is 5.11 Å². The van der Waals surface area contributed by atoms with Crippen molar-refractivity contribution in [1.82, 2.24) is 4.72 Å². The standard InChI is InChI=1S/C19H18BrNO3S/c20-17-10-3-4-11-19(17)25(23,24)21-13-12-18(22)16-9-5-7-14-6-1-2-8-15(14)16/h1-11,18,21-22H,12-13H2. The van der Waals surface area contributed by atoms with E-state index >= 15 is 0 Å². The lowest BCUT2D eigenvalue weighted by molar-refractivity contribution is 0.170. The Kier molecular flexibility index (Phi) is 5.54. The Morgan fingerprint density at radius 3 is 2.44 bits per heavy atom. The van der Waals surface area contributed by atoms with Crippen LogP contribution in [0.5, 0.6) is 0 Å². The number of halogens is 1. The highest BCUT2D eigenvalue weighted by atomic mass is 79.9. The first-order valence-electron chi connectivity index (χ1n) is 7.89. The lowest BCUT2D eigenvalue weighted by Gasteiger charge is -2.14. The van der Waals surface area contributed by atoms with Crippen LogP contribution in [0.2, 0.25) is 0 Å². The fraction of sp³-hybridized carbons (Fsp3) is 0.158. The Morgan fingerprint density at radius 1 is 0.960 bits per heavy atom. The molecule has 3 aromatic rings. The highest BCUT2D eigenvalue weighted by molar-refractivity contribution is 9.10. The van der Waals surface area contributed by atoms with E-state index in [0.717, 1.165) is 16.3 Å². The van der Waals surface area contributed by atoms with Gasteiger partial charge in [0.2, 0.25) is 10.0 Å². The van der Waals surface area contributed by atoms with Crippen LogP contribution < -0.4 is 4.72 Å². The van der Waals surface area contributed by atoms with E-state index < -0.39 is 16.1 Å². The number of hydrogen-bond acceptors (Lipinski definition) is 3. The van der Waals surface area contributed by atoms with Gasteiger partial charge in [-0.1, -0.05) is 54.6 Å². The van der Waals surface area contributed by atoms with Gasteiger partial charge in [0.1, 0.15) is 0 Å². The van der Waals surface area contributed by atoms with E-state index in [0.29, 0.717) is 4.47 Å². The van der Waals surface area contributed by atoms with Crippen molar-refractivity contribution in [3.05, 3.63) is 76.8 Å². The van der Waals surface area contributed by atoms with Crippen molar-refractivity contribution in [3.63, 3.8) is 0 Å². The summed E-state index contributed by atoms with van der Waals surface area (Å²) >= 11 is 3.25. The van der Waals surface area contributed by atoms with Gasteiger partial charge in [0.25, 0.3) is 0 Å². The molecule has 3 aromatic carbocycles. The average Bonchev–Trinajstić information content (AvgIpc) is 2.61. The van der Waals surface area contributed by atoms with Crippen LogP contribution >= 0.6 is 15.9 Å². The fourth-order valence-corrected chi connectivity index (χ4v) is 4.82. The molecule has 0 bridgehead atoms. The van der Waals surface area contributed by atoms with E-state index in [1.54, 1.807) is 18.2 Å². The maximum atomic E-state index is 12.4. The van der Waals surface area contributed by atoms with Crippen LogP contribution in [0.1, 0.15) is 18.1 Å². The second kappa shape index (κ2) is 7.66. The Morgan fingerprint density at radius 2 is 1.64 bits per heavy atom. The van der Waals surface area contributed by atoms with Gasteiger partial charge >= 0.3 is 0 Å². The zero-order chi connectivity index (χ0) is 17.9. The Bertz CT molecular complexity index is 983. The second-order valence-corrected chi connectivity index (χ2v) is 8.29. The summed E-state index contributed by atoms with van der Waals surface area (Å²) in [7, 11) is -3.62. The number of hydrogen-bond donors (Lipinski definition) is 2. The summed E-state index contributed by atoms with van der Waals surface area (Å²) in [4.78, 5) is 0.189. The molecular formula is C19H18BrNO3S. The number of fused-ring (bicyclic) bond motifs is 1. The third-order valence-corrected chi connectivity index (χ3v) is 6.49. The van der Waals surface area contributed by atoms with Gasteiger partial charge in [0.05, 0.1) is 11.0 Å². The molecule has 0 heterocycles. The number of aliphatic hydroxyl groups is 1. The number of benzene rings is 3. The van der Waals surface area contributed by atoms with Gasteiger partial charge in [0, 0.05) is 11.0 Å². The fourth-order valence-electron chi connectivity index (χ4n) is 2.77. The predicted octanol–water partition coefficient (Wildman–Crippen LogP) is 4.00. The lowest BCUT2D eigenvalue weighted by atomic mass is 9.99. The monoisotopic (exact) mass is 419 g/mol. The number of sulfonamides is 1. The maximum absolute atomic E-state index is 12.4. The zero-order valence-corrected chi connectivity index (χ0v) is 15.8. The largest absolute Gasteiger partial charge is 0.388 e. The van der Waals surface area contributed by atoms with Crippen LogP contribution in [-0.4, -0.2) is 20.1 Å². The maximum Gasteiger partial charge on any atom is 0.241 e. The first-order valence-corrected chi connectivity index (χ1v) is 10.2. The van der Waals surface area contributed by atoms with Gasteiger partial charge in [-0.3, -0.25) is 0 Å². The number of nitrogens with one attached hydrogen (secondary N) is 1. The van der Waals surface area contributed by atoms with E-state index in [1.807, 2.05) is 42.5 Å². The van der Waals surface area contributed by atoms with E-state index in [9.17, 15) is 13.5 Å². The summed E-state index contributed by atoms with van der Waals surface area (Å²) in [5.41, 5.74) is 0.804. The molecule has 2 N–H and O–H groups in total. The van der Waals surface area contributed by atoms with E-state index in [4.69, 9.17) is 0 Å². The number of aliphatic hydroxyl groups excluding tert-OH is 1. The number of rotatable bonds is 6. The molecule has 0 aliphatic heterocycles. The third kappa shape index (κ3) is 4.10. The molecule has 6 heteroatoms. The molecule has 1 atom stereocenters. The van der Waals surface area contributed by atoms with Crippen molar-refractivity contribution in [2.75, 3.05) is 6.54 Å². The molecule has 0 fully saturated rings.